The van der Waals surface area contributed by atoms with E-state index in [2.05, 4.69) is 24.0 Å². The van der Waals surface area contributed by atoms with E-state index in [0.717, 1.165) is 16.7 Å². The average molecular weight is 452 g/mol. The molecule has 4 rings (SSSR count). The van der Waals surface area contributed by atoms with Crippen LogP contribution in [0.1, 0.15) is 28.8 Å². The third-order valence-corrected chi connectivity index (χ3v) is 6.13. The van der Waals surface area contributed by atoms with Crippen molar-refractivity contribution in [3.63, 3.8) is 0 Å². The summed E-state index contributed by atoms with van der Waals surface area (Å²) in [6.07, 6.45) is 0.295. The predicted molar refractivity (Wildman–Crippen MR) is 127 cm³/mol. The number of ether oxygens (including phenoxy) is 1. The molecule has 0 N–H and O–H groups in total. The lowest BCUT2D eigenvalue weighted by Crippen LogP contribution is -2.49. The second-order valence-corrected chi connectivity index (χ2v) is 8.39. The van der Waals surface area contributed by atoms with Crippen LogP contribution in [0.15, 0.2) is 48.5 Å². The van der Waals surface area contributed by atoms with Crippen molar-refractivity contribution in [3.05, 3.63) is 64.7 Å². The van der Waals surface area contributed by atoms with Crippen LogP contribution in [-0.2, 0) is 4.79 Å². The first kappa shape index (κ1) is 22.1. The molecule has 2 aromatic carbocycles. The second-order valence-electron chi connectivity index (χ2n) is 7.95. The van der Waals surface area contributed by atoms with E-state index in [1.807, 2.05) is 23.1 Å². The monoisotopic (exact) mass is 451 g/mol. The number of Topliss-reactive ketones (excluding diaryl/α,β-unsaturated/α-hetero) is 1. The molecule has 1 aliphatic rings. The van der Waals surface area contributed by atoms with Gasteiger partial charge in [-0.2, -0.15) is 0 Å². The van der Waals surface area contributed by atoms with Crippen LogP contribution in [0.3, 0.4) is 0 Å². The van der Waals surface area contributed by atoms with Crippen molar-refractivity contribution in [2.75, 3.05) is 38.2 Å². The normalized spacial score (nSPS) is 14.0. The molecule has 6 nitrogen and oxygen atoms in total. The third kappa shape index (κ3) is 4.70. The number of nitrogens with zero attached hydrogens (tertiary/aromatic N) is 3. The maximum Gasteiger partial charge on any atom is 0.223 e. The van der Waals surface area contributed by atoms with Crippen LogP contribution in [0.25, 0.3) is 10.9 Å². The van der Waals surface area contributed by atoms with Gasteiger partial charge in [0, 0.05) is 49.4 Å². The van der Waals surface area contributed by atoms with E-state index in [4.69, 9.17) is 21.3 Å². The lowest BCUT2D eigenvalue weighted by molar-refractivity contribution is -0.131. The molecule has 2 heterocycles. The molecule has 0 radical (unpaired) electrons. The number of rotatable bonds is 6. The number of pyridine rings is 1. The van der Waals surface area contributed by atoms with E-state index < -0.39 is 0 Å². The van der Waals surface area contributed by atoms with E-state index in [0.29, 0.717) is 42.5 Å². The molecule has 1 aromatic heterocycles. The zero-order valence-corrected chi connectivity index (χ0v) is 19.1. The number of carbonyl (C=O) groups is 2. The molecule has 1 amide bonds. The van der Waals surface area contributed by atoms with Gasteiger partial charge in [0.2, 0.25) is 5.91 Å². The number of ketones is 1. The van der Waals surface area contributed by atoms with Gasteiger partial charge in [-0.1, -0.05) is 29.8 Å². The number of piperazine rings is 1. The first-order valence-electron chi connectivity index (χ1n) is 10.7. The first-order chi connectivity index (χ1) is 15.5. The van der Waals surface area contributed by atoms with Gasteiger partial charge >= 0.3 is 0 Å². The number of carbonyl (C=O) groups excluding carboxylic acids is 2. The highest BCUT2D eigenvalue weighted by Crippen LogP contribution is 2.25. The summed E-state index contributed by atoms with van der Waals surface area (Å²) >= 11 is 6.02. The van der Waals surface area contributed by atoms with Crippen molar-refractivity contribution in [1.82, 2.24) is 9.88 Å². The Labute approximate surface area is 192 Å². The van der Waals surface area contributed by atoms with Crippen LogP contribution in [0, 0.1) is 6.92 Å². The standard InChI is InChI=1S/C25H26ClN3O3/c1-17-15-24(27-21-6-4-3-5-19(17)21)28-11-13-29(14-12-28)25(31)10-8-22(30)20-16-18(26)7-9-23(20)32-2/h3-7,9,15-16H,8,10-14H2,1-2H3. The number of methoxy groups -OCH3 is 1. The fourth-order valence-electron chi connectivity index (χ4n) is 4.09. The number of aromatic nitrogens is 1. The number of hydrogen-bond donors (Lipinski definition) is 0. The van der Waals surface area contributed by atoms with Gasteiger partial charge in [0.25, 0.3) is 0 Å². The number of halogens is 1. The van der Waals surface area contributed by atoms with Crippen molar-refractivity contribution < 1.29 is 14.3 Å². The topological polar surface area (TPSA) is 62.7 Å². The van der Waals surface area contributed by atoms with E-state index in [1.54, 1.807) is 18.2 Å². The molecular weight excluding hydrogens is 426 g/mol. The number of hydrogen-bond acceptors (Lipinski definition) is 5. The van der Waals surface area contributed by atoms with E-state index >= 15 is 0 Å². The maximum atomic E-state index is 12.7. The SMILES string of the molecule is COc1ccc(Cl)cc1C(=O)CCC(=O)N1CCN(c2cc(C)c3ccccc3n2)CC1. The number of benzene rings is 2. The van der Waals surface area contributed by atoms with Crippen molar-refractivity contribution in [1.29, 1.82) is 0 Å². The minimum absolute atomic E-state index is 0.0124. The molecule has 32 heavy (non-hydrogen) atoms. The second kappa shape index (κ2) is 9.57. The average Bonchev–Trinajstić information content (AvgIpc) is 2.82. The molecule has 0 aliphatic carbocycles. The zero-order chi connectivity index (χ0) is 22.7. The van der Waals surface area contributed by atoms with Crippen molar-refractivity contribution in [2.24, 2.45) is 0 Å². The molecule has 0 atom stereocenters. The molecule has 0 saturated carbocycles. The van der Waals surface area contributed by atoms with Crippen LogP contribution in [0.2, 0.25) is 5.02 Å². The van der Waals surface area contributed by atoms with Crippen LogP contribution in [0.5, 0.6) is 5.75 Å². The van der Waals surface area contributed by atoms with Gasteiger partial charge in [-0.3, -0.25) is 9.59 Å². The molecule has 166 valence electrons. The van der Waals surface area contributed by atoms with Gasteiger partial charge in [0.1, 0.15) is 11.6 Å². The smallest absolute Gasteiger partial charge is 0.223 e. The highest BCUT2D eigenvalue weighted by Gasteiger charge is 2.23. The van der Waals surface area contributed by atoms with Gasteiger partial charge in [0.15, 0.2) is 5.78 Å². The Morgan fingerprint density at radius 2 is 1.78 bits per heavy atom. The van der Waals surface area contributed by atoms with Crippen molar-refractivity contribution in [3.8, 4) is 5.75 Å². The zero-order valence-electron chi connectivity index (χ0n) is 18.3. The Balaban J connectivity index is 1.34. The summed E-state index contributed by atoms with van der Waals surface area (Å²) in [5.74, 6) is 1.25. The van der Waals surface area contributed by atoms with Crippen LogP contribution < -0.4 is 9.64 Å². The Morgan fingerprint density at radius 3 is 2.53 bits per heavy atom. The third-order valence-electron chi connectivity index (χ3n) is 5.89. The molecule has 0 spiro atoms. The summed E-state index contributed by atoms with van der Waals surface area (Å²) in [4.78, 5) is 34.2. The molecule has 0 bridgehead atoms. The highest BCUT2D eigenvalue weighted by molar-refractivity contribution is 6.31. The molecule has 0 unspecified atom stereocenters. The lowest BCUT2D eigenvalue weighted by atomic mass is 10.0. The van der Waals surface area contributed by atoms with E-state index in [9.17, 15) is 9.59 Å². The summed E-state index contributed by atoms with van der Waals surface area (Å²) in [7, 11) is 1.51. The molecular formula is C25H26ClN3O3. The summed E-state index contributed by atoms with van der Waals surface area (Å²) in [5, 5.41) is 1.63. The molecule has 1 aliphatic heterocycles. The summed E-state index contributed by atoms with van der Waals surface area (Å²) < 4.78 is 5.25. The predicted octanol–water partition coefficient (Wildman–Crippen LogP) is 4.52. The number of para-hydroxylation sites is 1. The fraction of sp³-hybridized carbons (Fsp3) is 0.320. The maximum absolute atomic E-state index is 12.7. The van der Waals surface area contributed by atoms with Gasteiger partial charge in [-0.05, 0) is 42.8 Å². The first-order valence-corrected chi connectivity index (χ1v) is 11.1. The minimum Gasteiger partial charge on any atom is -0.496 e. The minimum atomic E-state index is -0.146. The number of amides is 1. The van der Waals surface area contributed by atoms with Gasteiger partial charge in [0.05, 0.1) is 18.2 Å². The molecule has 3 aromatic rings. The number of aryl methyl sites for hydroxylation is 1. The molecule has 1 fully saturated rings. The number of fused-ring (bicyclic) bond motifs is 1. The molecule has 1 saturated heterocycles. The van der Waals surface area contributed by atoms with Crippen LogP contribution >= 0.6 is 11.6 Å². The summed E-state index contributed by atoms with van der Waals surface area (Å²) in [6, 6.07) is 15.2. The quantitative estimate of drug-likeness (QED) is 0.516. The van der Waals surface area contributed by atoms with Crippen LogP contribution in [0.4, 0.5) is 5.82 Å². The van der Waals surface area contributed by atoms with Gasteiger partial charge < -0.3 is 14.5 Å². The Hall–Kier alpha value is -3.12. The number of anilines is 1. The largest absolute Gasteiger partial charge is 0.496 e. The van der Waals surface area contributed by atoms with Gasteiger partial charge in [-0.25, -0.2) is 4.98 Å². The lowest BCUT2D eigenvalue weighted by Gasteiger charge is -2.35. The Kier molecular flexibility index (Phi) is 6.61. The van der Waals surface area contributed by atoms with Crippen LogP contribution in [-0.4, -0.2) is 54.9 Å². The summed E-state index contributed by atoms with van der Waals surface area (Å²) in [6.45, 7) is 4.75. The highest BCUT2D eigenvalue weighted by atomic mass is 35.5. The molecule has 7 heteroatoms. The fourth-order valence-corrected chi connectivity index (χ4v) is 4.26. The van der Waals surface area contributed by atoms with E-state index in [-0.39, 0.29) is 24.5 Å². The van der Waals surface area contributed by atoms with Crippen molar-refractivity contribution >= 4 is 40.0 Å². The van der Waals surface area contributed by atoms with Gasteiger partial charge in [-0.15, -0.1) is 0 Å². The van der Waals surface area contributed by atoms with E-state index in [1.165, 1.54) is 12.7 Å². The van der Waals surface area contributed by atoms with Crippen molar-refractivity contribution in [2.45, 2.75) is 19.8 Å². The summed E-state index contributed by atoms with van der Waals surface area (Å²) in [5.41, 5.74) is 2.59. The Bertz CT molecular complexity index is 1160. The Morgan fingerprint density at radius 1 is 1.03 bits per heavy atom.